The molecule has 2 spiro atoms. The van der Waals surface area contributed by atoms with E-state index < -0.39 is 6.03 Å². The number of hydrogen-bond acceptors (Lipinski definition) is 15. The molecule has 4 amide bonds. The molecule has 9 aliphatic rings. The number of nitrogens with zero attached hydrogens (tertiary/aromatic N) is 8. The van der Waals surface area contributed by atoms with Crippen LogP contribution in [0, 0.1) is 18.3 Å². The Hall–Kier alpha value is -5.11. The zero-order valence-corrected chi connectivity index (χ0v) is 41.6. The van der Waals surface area contributed by atoms with Crippen molar-refractivity contribution in [2.75, 3.05) is 104 Å². The molecule has 18 nitrogen and oxygen atoms in total. The van der Waals surface area contributed by atoms with E-state index in [0.29, 0.717) is 39.9 Å². The summed E-state index contributed by atoms with van der Waals surface area (Å²) in [5, 5.41) is 10.4. The number of carbonyl (C=O) groups is 4. The summed E-state index contributed by atoms with van der Waals surface area (Å²) in [7, 11) is 7.52. The average molecular weight is 970 g/mol. The van der Waals surface area contributed by atoms with Crippen LogP contribution in [0.5, 0.6) is 0 Å². The molecule has 7 aliphatic heterocycles. The normalized spacial score (nSPS) is 24.8. The van der Waals surface area contributed by atoms with Gasteiger partial charge in [0.2, 0.25) is 5.91 Å². The van der Waals surface area contributed by atoms with Crippen molar-refractivity contribution in [3.63, 3.8) is 0 Å². The van der Waals surface area contributed by atoms with Crippen molar-refractivity contribution in [2.45, 2.75) is 89.1 Å². The third kappa shape index (κ3) is 10.1. The van der Waals surface area contributed by atoms with Crippen LogP contribution >= 0.6 is 11.6 Å². The first-order valence-electron chi connectivity index (χ1n) is 24.7. The molecule has 4 N–H and O–H groups in total. The van der Waals surface area contributed by atoms with Crippen LogP contribution in [0.2, 0.25) is 5.02 Å². The third-order valence-corrected chi connectivity index (χ3v) is 16.3. The van der Waals surface area contributed by atoms with Crippen LogP contribution in [0.1, 0.15) is 78.7 Å². The number of piperidine rings is 1. The quantitative estimate of drug-likeness (QED) is 0.267. The summed E-state index contributed by atoms with van der Waals surface area (Å²) in [4.78, 5) is 66.3. The van der Waals surface area contributed by atoms with Crippen LogP contribution in [-0.4, -0.2) is 166 Å². The first kappa shape index (κ1) is 48.9. The highest BCUT2D eigenvalue weighted by molar-refractivity contribution is 6.34. The van der Waals surface area contributed by atoms with E-state index in [9.17, 15) is 19.2 Å². The van der Waals surface area contributed by atoms with Gasteiger partial charge in [0.05, 0.1) is 47.0 Å². The van der Waals surface area contributed by atoms with Gasteiger partial charge in [-0.1, -0.05) is 23.7 Å². The van der Waals surface area contributed by atoms with Gasteiger partial charge < -0.3 is 29.9 Å². The molecule has 1 unspecified atom stereocenters. The number of likely N-dealkylation sites (tertiary alicyclic amines) is 1. The Morgan fingerprint density at radius 3 is 2.46 bits per heavy atom. The fraction of sp³-hybridized carbons (Fsp3) is 0.600. The van der Waals surface area contributed by atoms with Gasteiger partial charge in [0.15, 0.2) is 12.5 Å². The molecular formula is C50H69ClN12O6. The third-order valence-electron chi connectivity index (χ3n) is 15.8. The molecule has 2 aromatic rings. The number of halogens is 1. The molecule has 1 atom stereocenters. The van der Waals surface area contributed by atoms with E-state index >= 15 is 0 Å². The van der Waals surface area contributed by atoms with Gasteiger partial charge >= 0.3 is 6.03 Å². The Morgan fingerprint density at radius 2 is 1.83 bits per heavy atom. The maximum atomic E-state index is 12.6. The maximum absolute atomic E-state index is 12.6. The lowest BCUT2D eigenvalue weighted by atomic mass is 9.57. The zero-order valence-electron chi connectivity index (χ0n) is 40.8. The summed E-state index contributed by atoms with van der Waals surface area (Å²) < 4.78 is 10.9. The summed E-state index contributed by atoms with van der Waals surface area (Å²) in [6.07, 6.45) is 15.6. The summed E-state index contributed by atoms with van der Waals surface area (Å²) in [5.74, 6) is 1.34. The number of aliphatic imine (C=N–C) groups is 1. The van der Waals surface area contributed by atoms with Crippen molar-refractivity contribution >= 4 is 52.8 Å². The van der Waals surface area contributed by atoms with Gasteiger partial charge in [-0.25, -0.2) is 9.78 Å². The molecule has 11 rings (SSSR count). The maximum Gasteiger partial charge on any atom is 0.328 e. The smallest absolute Gasteiger partial charge is 0.328 e. The van der Waals surface area contributed by atoms with E-state index in [4.69, 9.17) is 21.1 Å². The van der Waals surface area contributed by atoms with Gasteiger partial charge in [-0.3, -0.25) is 49.8 Å². The molecule has 0 bridgehead atoms. The Labute approximate surface area is 410 Å². The number of ether oxygens (including phenoxy) is 2. The predicted octanol–water partition coefficient (Wildman–Crippen LogP) is 3.79. The number of amides is 4. The number of imide groups is 1. The highest BCUT2D eigenvalue weighted by Gasteiger charge is 2.52. The number of rotatable bonds is 9. The van der Waals surface area contributed by atoms with Gasteiger partial charge in [-0.2, -0.15) is 0 Å². The van der Waals surface area contributed by atoms with E-state index in [1.807, 2.05) is 5.01 Å². The number of likely N-dealkylation sites (N-methyl/N-ethyl adjacent to an activating group) is 1. The van der Waals surface area contributed by atoms with E-state index in [1.54, 1.807) is 34.3 Å². The monoisotopic (exact) mass is 969 g/mol. The molecule has 69 heavy (non-hydrogen) atoms. The molecule has 1 aromatic heterocycles. The molecule has 19 heteroatoms. The van der Waals surface area contributed by atoms with E-state index in [-0.39, 0.29) is 42.2 Å². The highest BCUT2D eigenvalue weighted by Crippen LogP contribution is 2.53. The Bertz CT molecular complexity index is 2370. The van der Waals surface area contributed by atoms with Crippen LogP contribution in [0.15, 0.2) is 53.1 Å². The second-order valence-electron chi connectivity index (χ2n) is 20.2. The number of fused-ring (bicyclic) bond motifs is 2. The molecular weight excluding hydrogens is 900 g/mol. The van der Waals surface area contributed by atoms with Crippen LogP contribution in [0.3, 0.4) is 0 Å². The number of aromatic nitrogens is 1. The highest BCUT2D eigenvalue weighted by atomic mass is 35.5. The van der Waals surface area contributed by atoms with Crippen molar-refractivity contribution in [2.24, 2.45) is 16.3 Å². The fourth-order valence-corrected chi connectivity index (χ4v) is 11.7. The van der Waals surface area contributed by atoms with Gasteiger partial charge in [0.1, 0.15) is 17.2 Å². The molecule has 1 aromatic carbocycles. The lowest BCUT2D eigenvalue weighted by Crippen LogP contribution is -2.72. The predicted molar refractivity (Wildman–Crippen MR) is 265 cm³/mol. The molecule has 2 saturated carbocycles. The van der Waals surface area contributed by atoms with E-state index in [0.717, 1.165) is 69.8 Å². The zero-order chi connectivity index (χ0) is 48.5. The minimum atomic E-state index is -0.546. The number of pyridine rings is 1. The first-order valence-corrected chi connectivity index (χ1v) is 25.0. The fourth-order valence-electron chi connectivity index (χ4n) is 11.5. The minimum Gasteiger partial charge on any atom is -0.381 e. The van der Waals surface area contributed by atoms with Gasteiger partial charge in [0, 0.05) is 91.4 Å². The first-order chi connectivity index (χ1) is 33.3. The number of aldehydes is 1. The largest absolute Gasteiger partial charge is 0.381 e. The summed E-state index contributed by atoms with van der Waals surface area (Å²) in [5.41, 5.74) is 10.9. The van der Waals surface area contributed by atoms with Gasteiger partial charge in [-0.15, -0.1) is 0 Å². The van der Waals surface area contributed by atoms with Crippen LogP contribution in [-0.2, 0) is 32.0 Å². The summed E-state index contributed by atoms with van der Waals surface area (Å²) >= 11 is 6.07. The van der Waals surface area contributed by atoms with Gasteiger partial charge in [-0.05, 0) is 113 Å². The number of carbonyl (C=O) groups excluding carboxylic acids is 4. The Kier molecular flexibility index (Phi) is 14.7. The van der Waals surface area contributed by atoms with Crippen LogP contribution in [0.4, 0.5) is 16.2 Å². The lowest BCUT2D eigenvalue weighted by molar-refractivity contribution is -0.180. The molecule has 4 saturated heterocycles. The second kappa shape index (κ2) is 20.7. The second-order valence-corrected chi connectivity index (χ2v) is 20.6. The number of aryl methyl sites for hydroxylation is 1. The number of urea groups is 1. The number of hydrogen-bond donors (Lipinski definition) is 4. The SMILES string of the molecule is CN=C1C=C(N2CCc3c(CN4CCN(CC5CC6(CCN(C)CC6)C5)C5(COC5)C4)cccc32)NN2C(C(=O)NC)=CNC12.COC1CCC1.Cc1nc(C=O)cc(N2CCC(=O)NC2=O)c1Cl. The lowest BCUT2D eigenvalue weighted by Gasteiger charge is -2.59. The van der Waals surface area contributed by atoms with Crippen LogP contribution < -0.4 is 31.2 Å². The summed E-state index contributed by atoms with van der Waals surface area (Å²) in [6, 6.07) is 7.64. The number of anilines is 2. The molecule has 372 valence electrons. The average Bonchev–Trinajstić information content (AvgIpc) is 3.95. The molecule has 2 aliphatic carbocycles. The number of methoxy groups -OCH3 is 1. The van der Waals surface area contributed by atoms with Crippen molar-refractivity contribution < 1.29 is 28.7 Å². The molecule has 8 heterocycles. The van der Waals surface area contributed by atoms with Crippen molar-refractivity contribution in [1.82, 2.24) is 46.1 Å². The van der Waals surface area contributed by atoms with Gasteiger partial charge in [0.25, 0.3) is 5.91 Å². The number of hydrazine groups is 1. The molecule has 0 radical (unpaired) electrons. The summed E-state index contributed by atoms with van der Waals surface area (Å²) in [6.45, 7) is 12.6. The van der Waals surface area contributed by atoms with Crippen LogP contribution in [0.25, 0.3) is 0 Å². The van der Waals surface area contributed by atoms with E-state index in [2.05, 4.69) is 82.3 Å². The van der Waals surface area contributed by atoms with Crippen molar-refractivity contribution in [1.29, 1.82) is 0 Å². The van der Waals surface area contributed by atoms with Crippen molar-refractivity contribution in [3.8, 4) is 0 Å². The van der Waals surface area contributed by atoms with E-state index in [1.165, 1.54) is 92.4 Å². The number of benzene rings is 1. The topological polar surface area (TPSA) is 180 Å². The molecule has 6 fully saturated rings. The number of nitrogens with one attached hydrogen (secondary N) is 4. The Morgan fingerprint density at radius 1 is 1.06 bits per heavy atom. The standard InChI is InChI=1S/C34H49N9O2.C11H10ClN3O3.C5H10O/c1-35-27-15-30(38-43-29(32(44)36-2)18-37-31(27)43)42-10-7-26-25(5-4-6-28(26)42)20-40-13-14-41(34(21-40)22-45-23-34)19-24-16-33(17-24)8-11-39(3)12-9-33;1-6-10(12)8(4-7(5-16)13-6)15-3-2-9(17)14-11(15)18;1-6-5-3-2-4-5/h4-6,15,18,24,31,37-38H,7-14,16-17,19-23H2,1-3H3,(H,36,44);4-5H,2-3H2,1H3,(H,14,17,18);5H,2-4H2,1H3. The number of piperazine rings is 1. The Balaban J connectivity index is 0.000000203. The van der Waals surface area contributed by atoms with Crippen molar-refractivity contribution in [3.05, 3.63) is 75.6 Å². The minimum absolute atomic E-state index is 0.137.